The molecule has 1 aromatic heterocycles. The van der Waals surface area contributed by atoms with E-state index in [0.29, 0.717) is 35.1 Å². The van der Waals surface area contributed by atoms with E-state index in [1.165, 1.54) is 42.7 Å². The molecular weight excluding hydrogens is 450 g/mol. The highest BCUT2D eigenvalue weighted by molar-refractivity contribution is 7.16. The molecule has 11 heteroatoms. The Morgan fingerprint density at radius 1 is 1.21 bits per heavy atom. The summed E-state index contributed by atoms with van der Waals surface area (Å²) in [6, 6.07) is 9.46. The zero-order valence-corrected chi connectivity index (χ0v) is 18.4. The van der Waals surface area contributed by atoms with Gasteiger partial charge in [-0.2, -0.15) is 4.99 Å². The Hall–Kier alpha value is -3.99. The van der Waals surface area contributed by atoms with Crippen LogP contribution >= 0.6 is 11.3 Å². The van der Waals surface area contributed by atoms with Crippen molar-refractivity contribution in [2.24, 2.45) is 4.99 Å². The average molecular weight is 469 g/mol. The number of ether oxygens (including phenoxy) is 3. The van der Waals surface area contributed by atoms with Gasteiger partial charge in [0, 0.05) is 36.9 Å². The number of fused-ring (bicyclic) bond motifs is 2. The van der Waals surface area contributed by atoms with Crippen molar-refractivity contribution >= 4 is 45.2 Å². The van der Waals surface area contributed by atoms with Crippen LogP contribution in [0.5, 0.6) is 11.5 Å². The second kappa shape index (κ2) is 9.65. The van der Waals surface area contributed by atoms with Crippen LogP contribution in [-0.2, 0) is 20.9 Å². The number of carbonyl (C=O) groups is 2. The standard InChI is InChI=1S/C22H19N3O7S/c1-30-21(27)8-9-24-16-12-17-18(32-11-10-31-17)13-19(16)33-22(24)23-20(26)7-4-14-2-5-15(6-3-14)25(28)29/h2-7,12-13H,8-11H2,1H3/b7-4+,23-22?. The van der Waals surface area contributed by atoms with Crippen LogP contribution in [0, 0.1) is 10.1 Å². The van der Waals surface area contributed by atoms with E-state index in [1.807, 2.05) is 12.1 Å². The van der Waals surface area contributed by atoms with Crippen molar-refractivity contribution in [1.29, 1.82) is 0 Å². The summed E-state index contributed by atoms with van der Waals surface area (Å²) < 4.78 is 18.6. The predicted molar refractivity (Wildman–Crippen MR) is 120 cm³/mol. The van der Waals surface area contributed by atoms with Crippen molar-refractivity contribution in [2.45, 2.75) is 13.0 Å². The molecule has 2 heterocycles. The number of carbonyl (C=O) groups excluding carboxylic acids is 2. The molecule has 0 radical (unpaired) electrons. The molecule has 0 fully saturated rings. The first kappa shape index (κ1) is 22.2. The molecule has 10 nitrogen and oxygen atoms in total. The van der Waals surface area contributed by atoms with Crippen LogP contribution in [0.1, 0.15) is 12.0 Å². The number of hydrogen-bond donors (Lipinski definition) is 0. The first-order valence-corrected chi connectivity index (χ1v) is 10.8. The molecule has 1 amide bonds. The Morgan fingerprint density at radius 2 is 1.91 bits per heavy atom. The monoisotopic (exact) mass is 469 g/mol. The lowest BCUT2D eigenvalue weighted by atomic mass is 10.2. The van der Waals surface area contributed by atoms with Gasteiger partial charge in [0.15, 0.2) is 16.3 Å². The summed E-state index contributed by atoms with van der Waals surface area (Å²) in [4.78, 5) is 39.1. The van der Waals surface area contributed by atoms with Crippen LogP contribution in [0.3, 0.4) is 0 Å². The first-order valence-electron chi connectivity index (χ1n) is 9.95. The van der Waals surface area contributed by atoms with Gasteiger partial charge in [-0.3, -0.25) is 19.7 Å². The van der Waals surface area contributed by atoms with Gasteiger partial charge in [0.1, 0.15) is 13.2 Å². The number of rotatable bonds is 6. The minimum Gasteiger partial charge on any atom is -0.486 e. The third-order valence-electron chi connectivity index (χ3n) is 4.84. The van der Waals surface area contributed by atoms with Crippen LogP contribution < -0.4 is 14.3 Å². The van der Waals surface area contributed by atoms with E-state index in [4.69, 9.17) is 14.2 Å². The largest absolute Gasteiger partial charge is 0.486 e. The summed E-state index contributed by atoms with van der Waals surface area (Å²) in [6.45, 7) is 1.16. The van der Waals surface area contributed by atoms with E-state index in [1.54, 1.807) is 16.7 Å². The molecule has 0 bridgehead atoms. The van der Waals surface area contributed by atoms with E-state index >= 15 is 0 Å². The number of methoxy groups -OCH3 is 1. The molecule has 0 aliphatic carbocycles. The highest BCUT2D eigenvalue weighted by Crippen LogP contribution is 2.35. The fraction of sp³-hybridized carbons (Fsp3) is 0.227. The van der Waals surface area contributed by atoms with Gasteiger partial charge in [-0.1, -0.05) is 11.3 Å². The molecule has 0 unspecified atom stereocenters. The highest BCUT2D eigenvalue weighted by Gasteiger charge is 2.17. The lowest BCUT2D eigenvalue weighted by Gasteiger charge is -2.18. The molecule has 0 saturated carbocycles. The second-order valence-corrected chi connectivity index (χ2v) is 7.97. The molecule has 4 rings (SSSR count). The van der Waals surface area contributed by atoms with Crippen LogP contribution in [0.25, 0.3) is 16.3 Å². The SMILES string of the molecule is COC(=O)CCn1c(=NC(=O)/C=C/c2ccc([N+](=O)[O-])cc2)sc2cc3c(cc21)OCCO3. The number of thiazole rings is 1. The van der Waals surface area contributed by atoms with Crippen LogP contribution in [-0.4, -0.2) is 41.7 Å². The molecule has 0 saturated heterocycles. The molecule has 170 valence electrons. The fourth-order valence-corrected chi connectivity index (χ4v) is 4.29. The fourth-order valence-electron chi connectivity index (χ4n) is 3.22. The summed E-state index contributed by atoms with van der Waals surface area (Å²) in [5, 5.41) is 10.8. The zero-order valence-electron chi connectivity index (χ0n) is 17.6. The number of nitro groups is 1. The van der Waals surface area contributed by atoms with E-state index in [2.05, 4.69) is 4.99 Å². The van der Waals surface area contributed by atoms with Gasteiger partial charge in [-0.25, -0.2) is 0 Å². The van der Waals surface area contributed by atoms with Gasteiger partial charge >= 0.3 is 5.97 Å². The molecule has 0 spiro atoms. The average Bonchev–Trinajstić information content (AvgIpc) is 3.15. The number of aromatic nitrogens is 1. The van der Waals surface area contributed by atoms with Crippen molar-refractivity contribution in [3.8, 4) is 11.5 Å². The smallest absolute Gasteiger partial charge is 0.307 e. The lowest BCUT2D eigenvalue weighted by Crippen LogP contribution is -2.19. The molecule has 0 atom stereocenters. The second-order valence-electron chi connectivity index (χ2n) is 6.96. The summed E-state index contributed by atoms with van der Waals surface area (Å²) in [7, 11) is 1.32. The Kier molecular flexibility index (Phi) is 6.50. The number of amides is 1. The number of benzene rings is 2. The van der Waals surface area contributed by atoms with Gasteiger partial charge in [-0.15, -0.1) is 0 Å². The van der Waals surface area contributed by atoms with E-state index in [-0.39, 0.29) is 24.6 Å². The molecule has 0 N–H and O–H groups in total. The normalized spacial score (nSPS) is 13.4. The summed E-state index contributed by atoms with van der Waals surface area (Å²) in [5.41, 5.74) is 1.36. The maximum atomic E-state index is 12.5. The van der Waals surface area contributed by atoms with Crippen molar-refractivity contribution in [2.75, 3.05) is 20.3 Å². The molecule has 33 heavy (non-hydrogen) atoms. The van der Waals surface area contributed by atoms with E-state index in [9.17, 15) is 19.7 Å². The van der Waals surface area contributed by atoms with Crippen molar-refractivity contribution in [3.63, 3.8) is 0 Å². The number of non-ortho nitro benzene ring substituents is 1. The summed E-state index contributed by atoms with van der Waals surface area (Å²) in [5.74, 6) is 0.319. The molecule has 1 aliphatic rings. The van der Waals surface area contributed by atoms with Crippen LogP contribution in [0.4, 0.5) is 5.69 Å². The Balaban J connectivity index is 1.67. The number of nitro benzene ring substituents is 1. The van der Waals surface area contributed by atoms with E-state index < -0.39 is 10.8 Å². The van der Waals surface area contributed by atoms with Gasteiger partial charge in [0.25, 0.3) is 11.6 Å². The molecule has 1 aliphatic heterocycles. The minimum absolute atomic E-state index is 0.0317. The minimum atomic E-state index is -0.510. The quantitative estimate of drug-likeness (QED) is 0.235. The summed E-state index contributed by atoms with van der Waals surface area (Å²) >= 11 is 1.29. The molecule has 3 aromatic rings. The van der Waals surface area contributed by atoms with Gasteiger partial charge in [0.2, 0.25) is 0 Å². The first-order chi connectivity index (χ1) is 15.9. The Bertz CT molecular complexity index is 1320. The maximum absolute atomic E-state index is 12.5. The van der Waals surface area contributed by atoms with Crippen LogP contribution in [0.15, 0.2) is 47.5 Å². The van der Waals surface area contributed by atoms with Crippen molar-refractivity contribution in [3.05, 3.63) is 63.0 Å². The summed E-state index contributed by atoms with van der Waals surface area (Å²) in [6.07, 6.45) is 2.92. The van der Waals surface area contributed by atoms with E-state index in [0.717, 1.165) is 10.2 Å². The maximum Gasteiger partial charge on any atom is 0.307 e. The van der Waals surface area contributed by atoms with Crippen molar-refractivity contribution < 1.29 is 28.7 Å². The Labute approximate surface area is 191 Å². The van der Waals surface area contributed by atoms with Gasteiger partial charge < -0.3 is 18.8 Å². The lowest BCUT2D eigenvalue weighted by molar-refractivity contribution is -0.384. The Morgan fingerprint density at radius 3 is 2.58 bits per heavy atom. The highest BCUT2D eigenvalue weighted by atomic mass is 32.1. The van der Waals surface area contributed by atoms with Crippen LogP contribution in [0.2, 0.25) is 0 Å². The van der Waals surface area contributed by atoms with Gasteiger partial charge in [0.05, 0.1) is 28.7 Å². The number of aryl methyl sites for hydroxylation is 1. The third-order valence-corrected chi connectivity index (χ3v) is 5.88. The number of hydrogen-bond acceptors (Lipinski definition) is 8. The molecular formula is C22H19N3O7S. The topological polar surface area (TPSA) is 122 Å². The number of esters is 1. The van der Waals surface area contributed by atoms with Gasteiger partial charge in [-0.05, 0) is 23.8 Å². The zero-order chi connectivity index (χ0) is 23.4. The predicted octanol–water partition coefficient (Wildman–Crippen LogP) is 3.09. The third kappa shape index (κ3) is 5.09. The molecule has 2 aromatic carbocycles. The number of nitrogens with zero attached hydrogens (tertiary/aromatic N) is 3. The van der Waals surface area contributed by atoms with Crippen molar-refractivity contribution in [1.82, 2.24) is 4.57 Å².